The van der Waals surface area contributed by atoms with Gasteiger partial charge in [-0.3, -0.25) is 4.79 Å². The maximum Gasteiger partial charge on any atom is 0.328 e. The summed E-state index contributed by atoms with van der Waals surface area (Å²) < 4.78 is 16.7. The minimum Gasteiger partial charge on any atom is -0.493 e. The van der Waals surface area contributed by atoms with Crippen molar-refractivity contribution in [1.29, 1.82) is 0 Å². The smallest absolute Gasteiger partial charge is 0.328 e. The van der Waals surface area contributed by atoms with E-state index in [1.807, 2.05) is 68.4 Å². The second kappa shape index (κ2) is 13.1. The Kier molecular flexibility index (Phi) is 10.6. The Balaban J connectivity index is 2.04. The summed E-state index contributed by atoms with van der Waals surface area (Å²) in [7, 11) is 1.32. The van der Waals surface area contributed by atoms with Crippen LogP contribution >= 0.6 is 0 Å². The molecule has 1 amide bonds. The molecular weight excluding hydrogens is 430 g/mol. The highest BCUT2D eigenvalue weighted by atomic mass is 16.5. The second-order valence-electron chi connectivity index (χ2n) is 10.2. The summed E-state index contributed by atoms with van der Waals surface area (Å²) in [6.45, 7) is 11.3. The third kappa shape index (κ3) is 9.96. The number of carbonyl (C=O) groups is 2. The molecule has 34 heavy (non-hydrogen) atoms. The molecule has 0 aromatic heterocycles. The van der Waals surface area contributed by atoms with Gasteiger partial charge in [0.15, 0.2) is 0 Å². The average Bonchev–Trinajstić information content (AvgIpc) is 2.80. The molecule has 2 rings (SSSR count). The number of esters is 1. The van der Waals surface area contributed by atoms with E-state index in [9.17, 15) is 9.59 Å². The number of carbonyl (C=O) groups excluding carboxylic acids is 2. The summed E-state index contributed by atoms with van der Waals surface area (Å²) in [4.78, 5) is 25.5. The first kappa shape index (κ1) is 27.4. The van der Waals surface area contributed by atoms with Crippen molar-refractivity contribution in [3.05, 3.63) is 65.7 Å². The molecule has 0 heterocycles. The van der Waals surface area contributed by atoms with Crippen molar-refractivity contribution in [3.8, 4) is 5.75 Å². The van der Waals surface area contributed by atoms with Gasteiger partial charge in [0.25, 0.3) is 0 Å². The van der Waals surface area contributed by atoms with Gasteiger partial charge in [-0.05, 0) is 41.0 Å². The van der Waals surface area contributed by atoms with E-state index < -0.39 is 18.1 Å². The highest BCUT2D eigenvalue weighted by molar-refractivity contribution is 5.87. The first-order valence-electron chi connectivity index (χ1n) is 11.8. The van der Waals surface area contributed by atoms with Crippen molar-refractivity contribution in [2.75, 3.05) is 13.7 Å². The Morgan fingerprint density at radius 3 is 2.15 bits per heavy atom. The number of benzene rings is 2. The van der Waals surface area contributed by atoms with Crippen LogP contribution in [0.2, 0.25) is 0 Å². The lowest BCUT2D eigenvalue weighted by Crippen LogP contribution is -2.48. The Bertz CT molecular complexity index is 887. The van der Waals surface area contributed by atoms with E-state index in [-0.39, 0.29) is 17.2 Å². The molecule has 0 bridgehead atoms. The van der Waals surface area contributed by atoms with E-state index in [1.165, 1.54) is 7.11 Å². The second-order valence-corrected chi connectivity index (χ2v) is 10.2. The molecule has 0 aliphatic heterocycles. The van der Waals surface area contributed by atoms with Gasteiger partial charge < -0.3 is 19.5 Å². The molecule has 0 saturated carbocycles. The van der Waals surface area contributed by atoms with Crippen LogP contribution in [-0.4, -0.2) is 37.7 Å². The fraction of sp³-hybridized carbons (Fsp3) is 0.500. The summed E-state index contributed by atoms with van der Waals surface area (Å²) in [5.41, 5.74) is 1.94. The first-order valence-corrected chi connectivity index (χ1v) is 11.8. The average molecular weight is 470 g/mol. The van der Waals surface area contributed by atoms with Crippen molar-refractivity contribution in [1.82, 2.24) is 5.32 Å². The molecule has 0 radical (unpaired) electrons. The minimum absolute atomic E-state index is 0.0635. The lowest BCUT2D eigenvalue weighted by Gasteiger charge is -2.23. The maximum absolute atomic E-state index is 13.1. The maximum atomic E-state index is 13.1. The normalized spacial score (nSPS) is 13.3. The first-order chi connectivity index (χ1) is 16.1. The van der Waals surface area contributed by atoms with Gasteiger partial charge in [0, 0.05) is 6.42 Å². The van der Waals surface area contributed by atoms with Crippen LogP contribution in [0, 0.1) is 11.3 Å². The summed E-state index contributed by atoms with van der Waals surface area (Å²) in [6.07, 6.45) is 0.192. The predicted octanol–water partition coefficient (Wildman–Crippen LogP) is 4.94. The fourth-order valence-electron chi connectivity index (χ4n) is 3.31. The number of ether oxygens (including phenoxy) is 3. The van der Waals surface area contributed by atoms with Crippen molar-refractivity contribution in [2.24, 2.45) is 11.3 Å². The molecule has 0 spiro atoms. The topological polar surface area (TPSA) is 73.9 Å². The molecule has 0 fully saturated rings. The molecule has 6 heteroatoms. The van der Waals surface area contributed by atoms with Gasteiger partial charge >= 0.3 is 5.97 Å². The van der Waals surface area contributed by atoms with Crippen LogP contribution in [0.25, 0.3) is 0 Å². The van der Waals surface area contributed by atoms with Crippen molar-refractivity contribution in [2.45, 2.75) is 66.2 Å². The minimum atomic E-state index is -0.811. The number of methoxy groups -OCH3 is 1. The zero-order chi connectivity index (χ0) is 25.1. The molecule has 6 nitrogen and oxygen atoms in total. The molecular formula is C28H39NO5. The Morgan fingerprint density at radius 2 is 1.59 bits per heavy atom. The van der Waals surface area contributed by atoms with E-state index in [2.05, 4.69) is 26.1 Å². The lowest BCUT2D eigenvalue weighted by atomic mass is 9.99. The van der Waals surface area contributed by atoms with E-state index in [0.717, 1.165) is 16.9 Å². The van der Waals surface area contributed by atoms with Gasteiger partial charge in [0.05, 0.1) is 20.3 Å². The number of hydrogen-bond acceptors (Lipinski definition) is 5. The third-order valence-electron chi connectivity index (χ3n) is 5.11. The van der Waals surface area contributed by atoms with Crippen LogP contribution in [0.1, 0.15) is 52.2 Å². The molecule has 186 valence electrons. The largest absolute Gasteiger partial charge is 0.493 e. The molecule has 0 aliphatic rings. The van der Waals surface area contributed by atoms with Crippen LogP contribution in [0.5, 0.6) is 5.75 Å². The SMILES string of the molecule is COC(=O)C(Cc1ccc(OCC(C)(C)C)cc1)NC(=O)[C@H](CC(C)C)OCc1ccccc1. The van der Waals surface area contributed by atoms with Crippen LogP contribution in [0.15, 0.2) is 54.6 Å². The summed E-state index contributed by atoms with van der Waals surface area (Å²) in [5, 5.41) is 2.85. The highest BCUT2D eigenvalue weighted by Crippen LogP contribution is 2.19. The Labute approximate surface area is 204 Å². The Morgan fingerprint density at radius 1 is 0.941 bits per heavy atom. The van der Waals surface area contributed by atoms with Gasteiger partial charge in [-0.25, -0.2) is 4.79 Å². The van der Waals surface area contributed by atoms with E-state index in [1.54, 1.807) is 0 Å². The number of hydrogen-bond donors (Lipinski definition) is 1. The van der Waals surface area contributed by atoms with Crippen LogP contribution in [0.3, 0.4) is 0 Å². The van der Waals surface area contributed by atoms with Crippen molar-refractivity contribution >= 4 is 11.9 Å². The predicted molar refractivity (Wildman–Crippen MR) is 134 cm³/mol. The zero-order valence-electron chi connectivity index (χ0n) is 21.3. The standard InChI is InChI=1S/C28H39NO5/c1-20(2)16-25(33-18-22-10-8-7-9-11-22)26(30)29-24(27(31)32-6)17-21-12-14-23(15-13-21)34-19-28(3,4)5/h7-15,20,24-25H,16-19H2,1-6H3,(H,29,30)/t24?,25-/m0/s1. The summed E-state index contributed by atoms with van der Waals surface area (Å²) in [5.74, 6) is 0.213. The molecule has 0 aliphatic carbocycles. The van der Waals surface area contributed by atoms with Crippen LogP contribution < -0.4 is 10.1 Å². The molecule has 1 unspecified atom stereocenters. The fourth-order valence-corrected chi connectivity index (χ4v) is 3.31. The van der Waals surface area contributed by atoms with Crippen LogP contribution in [-0.2, 0) is 32.1 Å². The quantitative estimate of drug-likeness (QED) is 0.446. The van der Waals surface area contributed by atoms with Gasteiger partial charge in [0.1, 0.15) is 17.9 Å². The van der Waals surface area contributed by atoms with Gasteiger partial charge in [-0.1, -0.05) is 77.1 Å². The molecule has 2 aromatic carbocycles. The highest BCUT2D eigenvalue weighted by Gasteiger charge is 2.27. The summed E-state index contributed by atoms with van der Waals surface area (Å²) >= 11 is 0. The van der Waals surface area contributed by atoms with Crippen molar-refractivity contribution in [3.63, 3.8) is 0 Å². The molecule has 1 N–H and O–H groups in total. The molecule has 2 aromatic rings. The monoisotopic (exact) mass is 469 g/mol. The van der Waals surface area contributed by atoms with E-state index in [4.69, 9.17) is 14.2 Å². The van der Waals surface area contributed by atoms with E-state index >= 15 is 0 Å². The van der Waals surface area contributed by atoms with Gasteiger partial charge in [0.2, 0.25) is 5.91 Å². The van der Waals surface area contributed by atoms with Crippen LogP contribution in [0.4, 0.5) is 0 Å². The number of nitrogens with one attached hydrogen (secondary N) is 1. The third-order valence-corrected chi connectivity index (χ3v) is 5.11. The van der Waals surface area contributed by atoms with E-state index in [0.29, 0.717) is 26.1 Å². The van der Waals surface area contributed by atoms with Gasteiger partial charge in [-0.15, -0.1) is 0 Å². The number of amides is 1. The lowest BCUT2D eigenvalue weighted by molar-refractivity contribution is -0.147. The van der Waals surface area contributed by atoms with Crippen molar-refractivity contribution < 1.29 is 23.8 Å². The summed E-state index contributed by atoms with van der Waals surface area (Å²) in [6, 6.07) is 16.5. The number of rotatable bonds is 12. The van der Waals surface area contributed by atoms with Gasteiger partial charge in [-0.2, -0.15) is 0 Å². The Hall–Kier alpha value is -2.86. The molecule has 0 saturated heterocycles. The molecule has 2 atom stereocenters. The zero-order valence-corrected chi connectivity index (χ0v) is 21.3.